The number of fused-ring (bicyclic) bond motifs is 1. The van der Waals surface area contributed by atoms with Crippen molar-refractivity contribution in [3.05, 3.63) is 93.6 Å². The molecule has 0 bridgehead atoms. The van der Waals surface area contributed by atoms with Gasteiger partial charge in [-0.1, -0.05) is 59.8 Å². The molecule has 0 radical (unpaired) electrons. The second kappa shape index (κ2) is 8.28. The van der Waals surface area contributed by atoms with Gasteiger partial charge in [0.05, 0.1) is 16.1 Å². The van der Waals surface area contributed by atoms with E-state index < -0.39 is 0 Å². The van der Waals surface area contributed by atoms with Gasteiger partial charge >= 0.3 is 0 Å². The first kappa shape index (κ1) is 18.9. The molecule has 0 atom stereocenters. The Morgan fingerprint density at radius 2 is 1.75 bits per heavy atom. The minimum Gasteiger partial charge on any atom is -0.449 e. The minimum absolute atomic E-state index is 0.551. The zero-order valence-electron chi connectivity index (χ0n) is 14.5. The maximum atomic E-state index is 9.66. The number of nitrogens with zero attached hydrogens (tertiary/aromatic N) is 1. The number of nitriles is 1. The van der Waals surface area contributed by atoms with Crippen LogP contribution >= 0.6 is 39.3 Å². The summed E-state index contributed by atoms with van der Waals surface area (Å²) in [5.74, 6) is 0.619. The second-order valence-electron chi connectivity index (χ2n) is 6.07. The lowest BCUT2D eigenvalue weighted by Gasteiger charge is -2.02. The largest absolute Gasteiger partial charge is 0.449 e. The number of hydrogen-bond donors (Lipinski definition) is 0. The summed E-state index contributed by atoms with van der Waals surface area (Å²) in [7, 11) is 0. The highest BCUT2D eigenvalue weighted by molar-refractivity contribution is 9.10. The molecule has 1 aromatic heterocycles. The molecule has 5 heteroatoms. The average Bonchev–Trinajstić information content (AvgIpc) is 3.06. The first-order chi connectivity index (χ1) is 13.6. The van der Waals surface area contributed by atoms with E-state index in [9.17, 15) is 5.26 Å². The zero-order chi connectivity index (χ0) is 19.5. The van der Waals surface area contributed by atoms with Crippen molar-refractivity contribution in [2.24, 2.45) is 0 Å². The van der Waals surface area contributed by atoms with Crippen molar-refractivity contribution in [1.29, 1.82) is 5.26 Å². The lowest BCUT2D eigenvalue weighted by Crippen LogP contribution is -1.82. The Morgan fingerprint density at radius 1 is 1.00 bits per heavy atom. The van der Waals surface area contributed by atoms with Crippen molar-refractivity contribution in [2.45, 2.75) is 9.99 Å². The Morgan fingerprint density at radius 3 is 2.50 bits per heavy atom. The number of hydrogen-bond acceptors (Lipinski definition) is 3. The molecule has 3 aromatic carbocycles. The molecule has 0 spiro atoms. The van der Waals surface area contributed by atoms with E-state index in [0.717, 1.165) is 30.8 Å². The van der Waals surface area contributed by atoms with Gasteiger partial charge in [0, 0.05) is 9.92 Å². The lowest BCUT2D eigenvalue weighted by atomic mass is 10.0. The van der Waals surface area contributed by atoms with E-state index in [4.69, 9.17) is 16.0 Å². The number of rotatable bonds is 4. The Balaban J connectivity index is 1.64. The van der Waals surface area contributed by atoms with E-state index in [1.165, 1.54) is 11.8 Å². The van der Waals surface area contributed by atoms with Crippen molar-refractivity contribution in [3.63, 3.8) is 0 Å². The van der Waals surface area contributed by atoms with Crippen molar-refractivity contribution in [3.8, 4) is 6.07 Å². The summed E-state index contributed by atoms with van der Waals surface area (Å²) in [5.41, 5.74) is 1.41. The molecule has 28 heavy (non-hydrogen) atoms. The molecule has 0 saturated carbocycles. The fourth-order valence-electron chi connectivity index (χ4n) is 2.80. The molecule has 0 aliphatic rings. The maximum absolute atomic E-state index is 9.66. The van der Waals surface area contributed by atoms with Crippen molar-refractivity contribution in [1.82, 2.24) is 0 Å². The van der Waals surface area contributed by atoms with Gasteiger partial charge < -0.3 is 4.42 Å². The minimum atomic E-state index is 0.551. The molecule has 0 amide bonds. The predicted molar refractivity (Wildman–Crippen MR) is 119 cm³/mol. The van der Waals surface area contributed by atoms with Crippen LogP contribution in [0.4, 0.5) is 0 Å². The second-order valence-corrected chi connectivity index (χ2v) is 8.41. The van der Waals surface area contributed by atoms with Crippen LogP contribution in [0.5, 0.6) is 0 Å². The molecule has 0 aliphatic carbocycles. The van der Waals surface area contributed by atoms with Gasteiger partial charge in [-0.15, -0.1) is 0 Å². The molecule has 0 unspecified atom stereocenters. The van der Waals surface area contributed by atoms with Crippen LogP contribution in [0.25, 0.3) is 22.4 Å². The normalized spacial score (nSPS) is 11.5. The fraction of sp³-hybridized carbons (Fsp3) is 0. The Labute approximate surface area is 180 Å². The summed E-state index contributed by atoms with van der Waals surface area (Å²) in [6.07, 6.45) is 1.76. The Kier molecular flexibility index (Phi) is 5.59. The van der Waals surface area contributed by atoms with E-state index in [1.807, 2.05) is 66.7 Å². The SMILES string of the molecule is N#CC(=Cc1cc(Br)c(Sc2ccc(Cl)cc2)o1)c1ccc2ccccc2c1. The summed E-state index contributed by atoms with van der Waals surface area (Å²) >= 11 is 11.0. The van der Waals surface area contributed by atoms with Crippen LogP contribution in [-0.2, 0) is 0 Å². The monoisotopic (exact) mass is 465 g/mol. The predicted octanol–water partition coefficient (Wildman–Crippen LogP) is 8.06. The molecule has 4 aromatic rings. The van der Waals surface area contributed by atoms with E-state index in [-0.39, 0.29) is 0 Å². The van der Waals surface area contributed by atoms with Gasteiger partial charge in [0.1, 0.15) is 5.76 Å². The number of allylic oxidation sites excluding steroid dienone is 1. The van der Waals surface area contributed by atoms with Crippen LogP contribution in [0.15, 0.2) is 91.7 Å². The van der Waals surface area contributed by atoms with Crippen molar-refractivity contribution in [2.75, 3.05) is 0 Å². The summed E-state index contributed by atoms with van der Waals surface area (Å²) in [6.45, 7) is 0. The van der Waals surface area contributed by atoms with Gasteiger partial charge in [0.2, 0.25) is 0 Å². The smallest absolute Gasteiger partial charge is 0.179 e. The summed E-state index contributed by atoms with van der Waals surface area (Å²) < 4.78 is 6.79. The lowest BCUT2D eigenvalue weighted by molar-refractivity contribution is 0.463. The summed E-state index contributed by atoms with van der Waals surface area (Å²) in [4.78, 5) is 1.02. The van der Waals surface area contributed by atoms with Crippen LogP contribution in [0.2, 0.25) is 5.02 Å². The quantitative estimate of drug-likeness (QED) is 0.285. The number of furan rings is 1. The molecule has 2 nitrogen and oxygen atoms in total. The van der Waals surface area contributed by atoms with Gasteiger partial charge in [0.15, 0.2) is 5.09 Å². The van der Waals surface area contributed by atoms with E-state index in [0.29, 0.717) is 16.4 Å². The highest BCUT2D eigenvalue weighted by Gasteiger charge is 2.11. The molecule has 0 fully saturated rings. The van der Waals surface area contributed by atoms with Crippen molar-refractivity contribution < 1.29 is 4.42 Å². The third kappa shape index (κ3) is 4.18. The topological polar surface area (TPSA) is 36.9 Å². The van der Waals surface area contributed by atoms with Crippen LogP contribution in [-0.4, -0.2) is 0 Å². The van der Waals surface area contributed by atoms with Gasteiger partial charge in [0.25, 0.3) is 0 Å². The van der Waals surface area contributed by atoms with Gasteiger partial charge in [-0.25, -0.2) is 0 Å². The Bertz CT molecular complexity index is 1220. The molecule has 1 heterocycles. The first-order valence-electron chi connectivity index (χ1n) is 8.46. The van der Waals surface area contributed by atoms with E-state index >= 15 is 0 Å². The molecular weight excluding hydrogens is 454 g/mol. The summed E-state index contributed by atoms with van der Waals surface area (Å²) in [5, 5.41) is 13.3. The van der Waals surface area contributed by atoms with E-state index in [2.05, 4.69) is 28.1 Å². The average molecular weight is 467 g/mol. The van der Waals surface area contributed by atoms with Gasteiger partial charge in [-0.3, -0.25) is 0 Å². The van der Waals surface area contributed by atoms with E-state index in [1.54, 1.807) is 6.08 Å². The van der Waals surface area contributed by atoms with Crippen LogP contribution in [0.1, 0.15) is 11.3 Å². The molecule has 0 aliphatic heterocycles. The van der Waals surface area contributed by atoms with Crippen LogP contribution in [0, 0.1) is 11.3 Å². The standard InChI is InChI=1S/C23H13BrClNOS/c24-22-13-20(27-23(22)28-21-9-7-19(25)8-10-21)12-18(14-26)17-6-5-15-3-1-2-4-16(15)11-17/h1-13H. The molecule has 0 saturated heterocycles. The first-order valence-corrected chi connectivity index (χ1v) is 10.4. The molecule has 136 valence electrons. The molecular formula is C23H13BrClNOS. The zero-order valence-corrected chi connectivity index (χ0v) is 17.7. The fourth-order valence-corrected chi connectivity index (χ4v) is 4.25. The van der Waals surface area contributed by atoms with Crippen molar-refractivity contribution >= 4 is 61.7 Å². The number of halogens is 2. The van der Waals surface area contributed by atoms with Gasteiger partial charge in [-0.05, 0) is 74.7 Å². The number of benzene rings is 3. The van der Waals surface area contributed by atoms with Gasteiger partial charge in [-0.2, -0.15) is 5.26 Å². The molecule has 0 N–H and O–H groups in total. The summed E-state index contributed by atoms with van der Waals surface area (Å²) in [6, 6.07) is 25.8. The highest BCUT2D eigenvalue weighted by atomic mass is 79.9. The Hall–Kier alpha value is -2.45. The van der Waals surface area contributed by atoms with Crippen LogP contribution < -0.4 is 0 Å². The van der Waals surface area contributed by atoms with Crippen LogP contribution in [0.3, 0.4) is 0 Å². The highest BCUT2D eigenvalue weighted by Crippen LogP contribution is 2.37. The maximum Gasteiger partial charge on any atom is 0.179 e. The third-order valence-corrected chi connectivity index (χ3v) is 6.27. The third-order valence-electron chi connectivity index (χ3n) is 4.17. The molecule has 4 rings (SSSR count).